The first kappa shape index (κ1) is 18.8. The largest absolute Gasteiger partial charge is 0.497 e. The summed E-state index contributed by atoms with van der Waals surface area (Å²) in [5.74, 6) is -0.699. The molecule has 0 spiro atoms. The minimum atomic E-state index is -1.16. The lowest BCUT2D eigenvalue weighted by Crippen LogP contribution is -2.37. The predicted octanol–water partition coefficient (Wildman–Crippen LogP) is 2.61. The Balaban J connectivity index is 1.84. The molecule has 1 aromatic heterocycles. The highest BCUT2D eigenvalue weighted by Gasteiger charge is 2.24. The van der Waals surface area contributed by atoms with Crippen molar-refractivity contribution >= 4 is 11.9 Å². The molecule has 1 fully saturated rings. The van der Waals surface area contributed by atoms with Gasteiger partial charge in [0, 0.05) is 31.5 Å². The molecule has 1 amide bonds. The summed E-state index contributed by atoms with van der Waals surface area (Å²) in [7, 11) is 1.60. The van der Waals surface area contributed by atoms with Crippen molar-refractivity contribution in [2.24, 2.45) is 0 Å². The van der Waals surface area contributed by atoms with Crippen LogP contribution in [0, 0.1) is 0 Å². The first-order valence-electron chi connectivity index (χ1n) is 8.80. The topological polar surface area (TPSA) is 89.0 Å². The number of carbonyl (C=O) groups is 2. The van der Waals surface area contributed by atoms with Crippen LogP contribution in [-0.4, -0.2) is 53.2 Å². The molecule has 2 aromatic rings. The van der Waals surface area contributed by atoms with Crippen molar-refractivity contribution in [1.29, 1.82) is 0 Å². The van der Waals surface area contributed by atoms with Gasteiger partial charge in [-0.15, -0.1) is 0 Å². The molecule has 0 bridgehead atoms. The van der Waals surface area contributed by atoms with E-state index in [2.05, 4.69) is 4.98 Å². The molecule has 7 heteroatoms. The average Bonchev–Trinajstić information content (AvgIpc) is 3.20. The molecule has 2 heterocycles. The molecule has 0 radical (unpaired) electrons. The van der Waals surface area contributed by atoms with Gasteiger partial charge >= 0.3 is 5.97 Å². The van der Waals surface area contributed by atoms with Crippen LogP contribution in [-0.2, 0) is 11.3 Å². The van der Waals surface area contributed by atoms with Crippen LogP contribution in [0.1, 0.15) is 39.3 Å². The molecular weight excluding hydrogens is 348 g/mol. The molecule has 1 unspecified atom stereocenters. The molecule has 27 heavy (non-hydrogen) atoms. The van der Waals surface area contributed by atoms with Crippen molar-refractivity contribution < 1.29 is 24.2 Å². The molecule has 1 atom stereocenters. The summed E-state index contributed by atoms with van der Waals surface area (Å²) in [6, 6.07) is 10.4. The van der Waals surface area contributed by atoms with Gasteiger partial charge in [0.2, 0.25) is 0 Å². The second-order valence-corrected chi connectivity index (χ2v) is 6.41. The van der Waals surface area contributed by atoms with Gasteiger partial charge in [-0.1, -0.05) is 12.1 Å². The Morgan fingerprint density at radius 2 is 2.19 bits per heavy atom. The maximum absolute atomic E-state index is 13.1. The van der Waals surface area contributed by atoms with Crippen LogP contribution in [0.4, 0.5) is 0 Å². The maximum Gasteiger partial charge on any atom is 0.354 e. The third-order valence-electron chi connectivity index (χ3n) is 4.47. The monoisotopic (exact) mass is 370 g/mol. The van der Waals surface area contributed by atoms with E-state index in [1.54, 1.807) is 12.0 Å². The predicted molar refractivity (Wildman–Crippen MR) is 97.9 cm³/mol. The highest BCUT2D eigenvalue weighted by atomic mass is 16.5. The van der Waals surface area contributed by atoms with Gasteiger partial charge in [-0.3, -0.25) is 4.79 Å². The highest BCUT2D eigenvalue weighted by Crippen LogP contribution is 2.19. The van der Waals surface area contributed by atoms with Crippen LogP contribution in [0.3, 0.4) is 0 Å². The average molecular weight is 370 g/mol. The number of benzene rings is 1. The van der Waals surface area contributed by atoms with Crippen molar-refractivity contribution in [2.75, 3.05) is 20.3 Å². The molecule has 1 aromatic carbocycles. The molecular formula is C20H22N2O5. The Bertz CT molecular complexity index is 818. The summed E-state index contributed by atoms with van der Waals surface area (Å²) >= 11 is 0. The second-order valence-electron chi connectivity index (χ2n) is 6.41. The molecule has 142 valence electrons. The minimum Gasteiger partial charge on any atom is -0.497 e. The van der Waals surface area contributed by atoms with E-state index in [1.807, 2.05) is 24.3 Å². The molecule has 1 saturated heterocycles. The van der Waals surface area contributed by atoms with Crippen LogP contribution in [0.15, 0.2) is 42.6 Å². The zero-order valence-corrected chi connectivity index (χ0v) is 15.1. The number of aromatic nitrogens is 1. The second kappa shape index (κ2) is 8.64. The fourth-order valence-corrected chi connectivity index (χ4v) is 3.11. The van der Waals surface area contributed by atoms with Gasteiger partial charge in [-0.2, -0.15) is 0 Å². The number of carboxylic acid groups (broad SMARTS) is 1. The molecule has 1 aliphatic rings. The first-order valence-corrected chi connectivity index (χ1v) is 8.80. The summed E-state index contributed by atoms with van der Waals surface area (Å²) in [4.78, 5) is 29.7. The number of rotatable bonds is 7. The number of carbonyl (C=O) groups excluding carboxylic acids is 1. The van der Waals surface area contributed by atoms with E-state index >= 15 is 0 Å². The zero-order chi connectivity index (χ0) is 19.2. The number of nitrogens with zero attached hydrogens (tertiary/aromatic N) is 2. The lowest BCUT2D eigenvalue weighted by Gasteiger charge is -2.26. The van der Waals surface area contributed by atoms with E-state index in [0.29, 0.717) is 31.0 Å². The Morgan fingerprint density at radius 3 is 2.89 bits per heavy atom. The summed E-state index contributed by atoms with van der Waals surface area (Å²) in [6.07, 6.45) is 3.20. The SMILES string of the molecule is COc1cccc(CN(CC2CCCO2)C(=O)c2ccnc(C(=O)O)c2)c1. The number of aromatic carboxylic acids is 1. The van der Waals surface area contributed by atoms with Crippen molar-refractivity contribution in [3.63, 3.8) is 0 Å². The maximum atomic E-state index is 13.1. The van der Waals surface area contributed by atoms with Crippen LogP contribution in [0.2, 0.25) is 0 Å². The molecule has 0 saturated carbocycles. The highest BCUT2D eigenvalue weighted by molar-refractivity contribution is 5.96. The van der Waals surface area contributed by atoms with Crippen LogP contribution in [0.25, 0.3) is 0 Å². The van der Waals surface area contributed by atoms with Crippen molar-refractivity contribution in [3.8, 4) is 5.75 Å². The molecule has 1 aliphatic heterocycles. The standard InChI is InChI=1S/C20H22N2O5/c1-26-16-5-2-4-14(10-16)12-22(13-17-6-3-9-27-17)19(23)15-7-8-21-18(11-15)20(24)25/h2,4-5,7-8,10-11,17H,3,6,9,12-13H2,1H3,(H,24,25). The van der Waals surface area contributed by atoms with Gasteiger partial charge in [-0.25, -0.2) is 9.78 Å². The number of amides is 1. The van der Waals surface area contributed by atoms with Gasteiger partial charge < -0.3 is 19.5 Å². The third-order valence-corrected chi connectivity index (χ3v) is 4.47. The molecule has 7 nitrogen and oxygen atoms in total. The number of methoxy groups -OCH3 is 1. The Morgan fingerprint density at radius 1 is 1.33 bits per heavy atom. The third kappa shape index (κ3) is 4.83. The summed E-state index contributed by atoms with van der Waals surface area (Å²) in [5, 5.41) is 9.13. The fraction of sp³-hybridized carbons (Fsp3) is 0.350. The van der Waals surface area contributed by atoms with Gasteiger partial charge in [0.05, 0.1) is 13.2 Å². The number of hydrogen-bond donors (Lipinski definition) is 1. The number of hydrogen-bond acceptors (Lipinski definition) is 5. The van der Waals surface area contributed by atoms with Gasteiger partial charge in [-0.05, 0) is 42.7 Å². The lowest BCUT2D eigenvalue weighted by molar-refractivity contribution is 0.0507. The quantitative estimate of drug-likeness (QED) is 0.806. The summed E-state index contributed by atoms with van der Waals surface area (Å²) < 4.78 is 10.9. The van der Waals surface area contributed by atoms with E-state index in [9.17, 15) is 9.59 Å². The molecule has 0 aliphatic carbocycles. The summed E-state index contributed by atoms with van der Waals surface area (Å²) in [5.41, 5.74) is 1.07. The Hall–Kier alpha value is -2.93. The zero-order valence-electron chi connectivity index (χ0n) is 15.1. The van der Waals surface area contributed by atoms with Crippen molar-refractivity contribution in [3.05, 3.63) is 59.4 Å². The smallest absolute Gasteiger partial charge is 0.354 e. The van der Waals surface area contributed by atoms with Crippen molar-refractivity contribution in [2.45, 2.75) is 25.5 Å². The number of ether oxygens (including phenoxy) is 2. The number of pyridine rings is 1. The minimum absolute atomic E-state index is 0.0136. The van der Waals surface area contributed by atoms with E-state index in [-0.39, 0.29) is 17.7 Å². The van der Waals surface area contributed by atoms with Crippen LogP contribution in [0.5, 0.6) is 5.75 Å². The van der Waals surface area contributed by atoms with E-state index in [4.69, 9.17) is 14.6 Å². The summed E-state index contributed by atoms with van der Waals surface area (Å²) in [6.45, 7) is 1.52. The fourth-order valence-electron chi connectivity index (χ4n) is 3.11. The molecule has 1 N–H and O–H groups in total. The van der Waals surface area contributed by atoms with E-state index < -0.39 is 5.97 Å². The first-order chi connectivity index (χ1) is 13.1. The lowest BCUT2D eigenvalue weighted by atomic mass is 10.1. The van der Waals surface area contributed by atoms with Crippen LogP contribution >= 0.6 is 0 Å². The van der Waals surface area contributed by atoms with Gasteiger partial charge in [0.1, 0.15) is 11.4 Å². The number of carboxylic acids is 1. The van der Waals surface area contributed by atoms with Gasteiger partial charge in [0.25, 0.3) is 5.91 Å². The van der Waals surface area contributed by atoms with Gasteiger partial charge in [0.15, 0.2) is 0 Å². The van der Waals surface area contributed by atoms with Crippen LogP contribution < -0.4 is 4.74 Å². The van der Waals surface area contributed by atoms with Crippen molar-refractivity contribution in [1.82, 2.24) is 9.88 Å². The van der Waals surface area contributed by atoms with E-state index in [0.717, 1.165) is 18.4 Å². The Kier molecular flexibility index (Phi) is 6.03. The Labute approximate surface area is 157 Å². The normalized spacial score (nSPS) is 16.1. The van der Waals surface area contributed by atoms with E-state index in [1.165, 1.54) is 18.3 Å². The molecule has 3 rings (SSSR count).